The zero-order chi connectivity index (χ0) is 15.0. The zero-order valence-corrected chi connectivity index (χ0v) is 11.8. The van der Waals surface area contributed by atoms with Crippen molar-refractivity contribution < 1.29 is 13.2 Å². The van der Waals surface area contributed by atoms with E-state index in [1.165, 1.54) is 10.9 Å². The van der Waals surface area contributed by atoms with Crippen LogP contribution in [0.4, 0.5) is 13.2 Å². The molecule has 1 N–H and O–H groups in total. The molecule has 0 aliphatic heterocycles. The van der Waals surface area contributed by atoms with Gasteiger partial charge in [0.15, 0.2) is 10.8 Å². The lowest BCUT2D eigenvalue weighted by Gasteiger charge is -1.99. The molecule has 0 aliphatic rings. The lowest BCUT2D eigenvalue weighted by Crippen LogP contribution is -2.03. The number of nitrogens with zero attached hydrogens (tertiary/aromatic N) is 4. The number of aromatic nitrogens is 5. The summed E-state index contributed by atoms with van der Waals surface area (Å²) in [6.45, 7) is 0. The predicted octanol–water partition coefficient (Wildman–Crippen LogP) is 3.47. The standard InChI is InChI=1S/C11H6F3N5S2/c12-11(13,14)10-18-17-8(21-10)6-5-16-19(9(6)20)7-3-1-2-4-15-7/h1-5,16H. The molecule has 0 spiro atoms. The molecule has 3 aromatic rings. The third-order valence-corrected chi connectivity index (χ3v) is 3.95. The van der Waals surface area contributed by atoms with Gasteiger partial charge in [-0.25, -0.2) is 9.67 Å². The Kier molecular flexibility index (Phi) is 3.33. The highest BCUT2D eigenvalue weighted by atomic mass is 32.1. The SMILES string of the molecule is FC(F)(F)c1nnc(-c2c[nH]n(-c3ccccn3)c2=S)s1. The molecule has 10 heteroatoms. The molecule has 0 aliphatic carbocycles. The van der Waals surface area contributed by atoms with Gasteiger partial charge in [0.1, 0.15) is 4.64 Å². The Balaban J connectivity index is 2.04. The minimum atomic E-state index is -4.51. The number of hydrogen-bond donors (Lipinski definition) is 1. The summed E-state index contributed by atoms with van der Waals surface area (Å²) >= 11 is 5.69. The van der Waals surface area contributed by atoms with E-state index >= 15 is 0 Å². The number of pyridine rings is 1. The topological polar surface area (TPSA) is 59.4 Å². The van der Waals surface area contributed by atoms with Gasteiger partial charge in [-0.05, 0) is 12.1 Å². The molecule has 0 bridgehead atoms. The van der Waals surface area contributed by atoms with E-state index in [9.17, 15) is 13.2 Å². The smallest absolute Gasteiger partial charge is 0.298 e. The van der Waals surface area contributed by atoms with E-state index in [1.807, 2.05) is 0 Å². The second kappa shape index (κ2) is 5.04. The molecule has 5 nitrogen and oxygen atoms in total. The minimum absolute atomic E-state index is 0.109. The van der Waals surface area contributed by atoms with Crippen LogP contribution < -0.4 is 0 Å². The van der Waals surface area contributed by atoms with E-state index in [-0.39, 0.29) is 5.01 Å². The second-order valence-electron chi connectivity index (χ2n) is 3.93. The summed E-state index contributed by atoms with van der Waals surface area (Å²) in [6, 6.07) is 5.24. The van der Waals surface area contributed by atoms with Crippen molar-refractivity contribution in [2.24, 2.45) is 0 Å². The van der Waals surface area contributed by atoms with Gasteiger partial charge < -0.3 is 0 Å². The van der Waals surface area contributed by atoms with E-state index < -0.39 is 11.2 Å². The van der Waals surface area contributed by atoms with Crippen molar-refractivity contribution in [1.82, 2.24) is 25.0 Å². The van der Waals surface area contributed by atoms with Gasteiger partial charge in [-0.3, -0.25) is 5.10 Å². The van der Waals surface area contributed by atoms with E-state index in [4.69, 9.17) is 12.2 Å². The van der Waals surface area contributed by atoms with Gasteiger partial charge in [0, 0.05) is 12.4 Å². The van der Waals surface area contributed by atoms with E-state index in [2.05, 4.69) is 20.3 Å². The van der Waals surface area contributed by atoms with Gasteiger partial charge in [0.05, 0.1) is 5.56 Å². The molecule has 3 heterocycles. The van der Waals surface area contributed by atoms with E-state index in [0.717, 1.165) is 0 Å². The molecule has 0 unspecified atom stereocenters. The average Bonchev–Trinajstić information content (AvgIpc) is 3.05. The van der Waals surface area contributed by atoms with Crippen LogP contribution in [0, 0.1) is 4.64 Å². The largest absolute Gasteiger partial charge is 0.445 e. The summed E-state index contributed by atoms with van der Waals surface area (Å²) in [5, 5.41) is 8.65. The number of halogens is 3. The van der Waals surface area contributed by atoms with Crippen LogP contribution in [0.2, 0.25) is 0 Å². The van der Waals surface area contributed by atoms with Crippen LogP contribution in [0.3, 0.4) is 0 Å². The van der Waals surface area contributed by atoms with Gasteiger partial charge in [0.25, 0.3) is 0 Å². The van der Waals surface area contributed by atoms with Crippen molar-refractivity contribution in [3.8, 4) is 16.4 Å². The molecule has 108 valence electrons. The Morgan fingerprint density at radius 3 is 2.67 bits per heavy atom. The Bertz CT molecular complexity index is 818. The first-order chi connectivity index (χ1) is 9.97. The lowest BCUT2D eigenvalue weighted by molar-refractivity contribution is -0.138. The van der Waals surface area contributed by atoms with Gasteiger partial charge in [-0.2, -0.15) is 13.2 Å². The summed E-state index contributed by atoms with van der Waals surface area (Å²) in [5.41, 5.74) is 0.378. The first-order valence-electron chi connectivity index (χ1n) is 5.60. The number of hydrogen-bond acceptors (Lipinski definition) is 5. The Morgan fingerprint density at radius 2 is 2.05 bits per heavy atom. The Labute approximate surface area is 125 Å². The number of H-pyrrole nitrogens is 1. The molecule has 3 aromatic heterocycles. The highest BCUT2D eigenvalue weighted by molar-refractivity contribution is 7.71. The molecule has 0 saturated heterocycles. The molecule has 0 atom stereocenters. The van der Waals surface area contributed by atoms with Crippen LogP contribution in [-0.2, 0) is 6.18 Å². The molecule has 21 heavy (non-hydrogen) atoms. The maximum absolute atomic E-state index is 12.5. The van der Waals surface area contributed by atoms with Crippen LogP contribution in [0.15, 0.2) is 30.6 Å². The molecular formula is C11H6F3N5S2. The van der Waals surface area contributed by atoms with Crippen LogP contribution >= 0.6 is 23.6 Å². The maximum atomic E-state index is 12.5. The van der Waals surface area contributed by atoms with Crippen molar-refractivity contribution in [2.75, 3.05) is 0 Å². The Hall–Kier alpha value is -2.07. The summed E-state index contributed by atoms with van der Waals surface area (Å²) in [4.78, 5) is 4.11. The van der Waals surface area contributed by atoms with Gasteiger partial charge in [-0.1, -0.05) is 29.6 Å². The molecule has 0 radical (unpaired) electrons. The van der Waals surface area contributed by atoms with Crippen LogP contribution in [0.1, 0.15) is 5.01 Å². The number of alkyl halides is 3. The quantitative estimate of drug-likeness (QED) is 0.732. The second-order valence-corrected chi connectivity index (χ2v) is 5.29. The fourth-order valence-electron chi connectivity index (χ4n) is 1.63. The van der Waals surface area contributed by atoms with Crippen molar-refractivity contribution >= 4 is 23.6 Å². The monoisotopic (exact) mass is 329 g/mol. The molecule has 0 saturated carbocycles. The third kappa shape index (κ3) is 2.59. The molecule has 0 amide bonds. The van der Waals surface area contributed by atoms with Crippen LogP contribution in [0.25, 0.3) is 16.4 Å². The van der Waals surface area contributed by atoms with Crippen molar-refractivity contribution in [2.45, 2.75) is 6.18 Å². The highest BCUT2D eigenvalue weighted by Gasteiger charge is 2.36. The predicted molar refractivity (Wildman–Crippen MR) is 72.7 cm³/mol. The molecule has 0 aromatic carbocycles. The van der Waals surface area contributed by atoms with Crippen molar-refractivity contribution in [3.63, 3.8) is 0 Å². The molecule has 0 fully saturated rings. The van der Waals surface area contributed by atoms with E-state index in [1.54, 1.807) is 24.4 Å². The number of rotatable bonds is 2. The number of aromatic amines is 1. The van der Waals surface area contributed by atoms with Crippen molar-refractivity contribution in [1.29, 1.82) is 0 Å². The summed E-state index contributed by atoms with van der Waals surface area (Å²) < 4.78 is 39.4. The van der Waals surface area contributed by atoms with Crippen molar-refractivity contribution in [3.05, 3.63) is 40.2 Å². The lowest BCUT2D eigenvalue weighted by atomic mass is 10.4. The van der Waals surface area contributed by atoms with Gasteiger partial charge in [0.2, 0.25) is 5.01 Å². The highest BCUT2D eigenvalue weighted by Crippen LogP contribution is 2.35. The fraction of sp³-hybridized carbons (Fsp3) is 0.0909. The first-order valence-corrected chi connectivity index (χ1v) is 6.82. The summed E-state index contributed by atoms with van der Waals surface area (Å²) in [7, 11) is 0. The van der Waals surface area contributed by atoms with Crippen LogP contribution in [0.5, 0.6) is 0 Å². The van der Waals surface area contributed by atoms with Gasteiger partial charge >= 0.3 is 6.18 Å². The summed E-state index contributed by atoms with van der Waals surface area (Å²) in [5.74, 6) is 0.536. The Morgan fingerprint density at radius 1 is 1.24 bits per heavy atom. The maximum Gasteiger partial charge on any atom is 0.445 e. The van der Waals surface area contributed by atoms with E-state index in [0.29, 0.717) is 27.4 Å². The zero-order valence-electron chi connectivity index (χ0n) is 10.1. The average molecular weight is 329 g/mol. The summed E-state index contributed by atoms with van der Waals surface area (Å²) in [6.07, 6.45) is -1.44. The first kappa shape index (κ1) is 13.9. The molecule has 3 rings (SSSR count). The number of nitrogens with one attached hydrogen (secondary N) is 1. The minimum Gasteiger partial charge on any atom is -0.298 e. The molecular weight excluding hydrogens is 323 g/mol. The normalized spacial score (nSPS) is 11.8. The van der Waals surface area contributed by atoms with Crippen LogP contribution in [-0.4, -0.2) is 25.0 Å². The fourth-order valence-corrected chi connectivity index (χ4v) is 2.72. The van der Waals surface area contributed by atoms with Gasteiger partial charge in [-0.15, -0.1) is 10.2 Å². The third-order valence-electron chi connectivity index (χ3n) is 2.55.